The number of fused-ring (bicyclic) bond motifs is 1. The van der Waals surface area contributed by atoms with Gasteiger partial charge in [0.2, 0.25) is 0 Å². The lowest BCUT2D eigenvalue weighted by Gasteiger charge is -2.37. The summed E-state index contributed by atoms with van der Waals surface area (Å²) < 4.78 is 20.1. The van der Waals surface area contributed by atoms with Gasteiger partial charge in [0.1, 0.15) is 23.6 Å². The molecule has 0 saturated carbocycles. The maximum Gasteiger partial charge on any atom is 0.411 e. The number of aromatic nitrogens is 3. The number of anilines is 3. The van der Waals surface area contributed by atoms with Crippen molar-refractivity contribution in [2.45, 2.75) is 32.8 Å². The van der Waals surface area contributed by atoms with Gasteiger partial charge in [-0.3, -0.25) is 4.90 Å². The number of carbonyl (C=O) groups is 1. The van der Waals surface area contributed by atoms with Crippen LogP contribution in [0.2, 0.25) is 10.0 Å². The Balaban J connectivity index is 1.62. The van der Waals surface area contributed by atoms with Gasteiger partial charge in [-0.15, -0.1) is 0 Å². The molecule has 0 spiro atoms. The molecule has 0 aliphatic carbocycles. The number of amides is 1. The fourth-order valence-electron chi connectivity index (χ4n) is 3.43. The van der Waals surface area contributed by atoms with E-state index in [4.69, 9.17) is 27.9 Å². The summed E-state index contributed by atoms with van der Waals surface area (Å²) in [5.74, 6) is 0.361. The van der Waals surface area contributed by atoms with Crippen molar-refractivity contribution in [3.63, 3.8) is 0 Å². The largest absolute Gasteiger partial charge is 0.444 e. The van der Waals surface area contributed by atoms with Gasteiger partial charge in [0.05, 0.1) is 34.1 Å². The highest BCUT2D eigenvalue weighted by Crippen LogP contribution is 2.33. The molecule has 1 aliphatic rings. The Morgan fingerprint density at radius 3 is 2.73 bits per heavy atom. The first-order valence-corrected chi connectivity index (χ1v) is 11.1. The summed E-state index contributed by atoms with van der Waals surface area (Å²) in [6.07, 6.45) is 3.39. The number of nitrogens with one attached hydrogen (secondary N) is 1. The van der Waals surface area contributed by atoms with E-state index in [0.717, 1.165) is 13.0 Å². The molecule has 2 aromatic heterocycles. The molecule has 1 amide bonds. The van der Waals surface area contributed by atoms with Crippen molar-refractivity contribution in [3.8, 4) is 0 Å². The van der Waals surface area contributed by atoms with E-state index in [0.29, 0.717) is 35.8 Å². The molecule has 0 radical (unpaired) electrons. The highest BCUT2D eigenvalue weighted by atomic mass is 35.5. The van der Waals surface area contributed by atoms with Crippen molar-refractivity contribution in [1.82, 2.24) is 19.9 Å². The van der Waals surface area contributed by atoms with Gasteiger partial charge in [0.15, 0.2) is 5.82 Å². The molecule has 3 aromatic rings. The van der Waals surface area contributed by atoms with Gasteiger partial charge in [-0.2, -0.15) is 0 Å². The number of hydrogen-bond donors (Lipinski definition) is 1. The summed E-state index contributed by atoms with van der Waals surface area (Å²) >= 11 is 11.8. The highest BCUT2D eigenvalue weighted by molar-refractivity contribution is 6.42. The monoisotopic (exact) mass is 492 g/mol. The summed E-state index contributed by atoms with van der Waals surface area (Å²) in [4.78, 5) is 29.2. The number of benzene rings is 1. The second-order valence-electron chi connectivity index (χ2n) is 8.63. The number of ether oxygens (including phenoxy) is 1. The average Bonchev–Trinajstić information content (AvgIpc) is 2.78. The molecular formula is C22H23Cl2FN6O2. The van der Waals surface area contributed by atoms with Crippen LogP contribution >= 0.6 is 23.2 Å². The number of halogens is 3. The van der Waals surface area contributed by atoms with E-state index in [-0.39, 0.29) is 21.8 Å². The highest BCUT2D eigenvalue weighted by Gasteiger charge is 2.27. The summed E-state index contributed by atoms with van der Waals surface area (Å²) in [5.41, 5.74) is 0.146. The van der Waals surface area contributed by atoms with Crippen LogP contribution < -0.4 is 10.2 Å². The Morgan fingerprint density at radius 1 is 1.18 bits per heavy atom. The van der Waals surface area contributed by atoms with Crippen LogP contribution in [-0.4, -0.2) is 51.3 Å². The van der Waals surface area contributed by atoms with E-state index in [1.54, 1.807) is 11.1 Å². The molecule has 4 rings (SSSR count). The smallest absolute Gasteiger partial charge is 0.411 e. The number of rotatable bonds is 3. The quantitative estimate of drug-likeness (QED) is 0.475. The van der Waals surface area contributed by atoms with E-state index >= 15 is 0 Å². The van der Waals surface area contributed by atoms with Gasteiger partial charge in [0, 0.05) is 18.5 Å². The van der Waals surface area contributed by atoms with E-state index in [1.807, 2.05) is 31.7 Å². The van der Waals surface area contributed by atoms with Crippen molar-refractivity contribution in [3.05, 3.63) is 46.6 Å². The first-order chi connectivity index (χ1) is 15.6. The second kappa shape index (κ2) is 9.15. The first kappa shape index (κ1) is 23.3. The van der Waals surface area contributed by atoms with Crippen LogP contribution in [0, 0.1) is 5.82 Å². The lowest BCUT2D eigenvalue weighted by atomic mass is 10.2. The van der Waals surface area contributed by atoms with Crippen LogP contribution in [0.3, 0.4) is 0 Å². The van der Waals surface area contributed by atoms with Crippen molar-refractivity contribution in [2.75, 3.05) is 30.0 Å². The lowest BCUT2D eigenvalue weighted by molar-refractivity contribution is 0.0225. The van der Waals surface area contributed by atoms with E-state index in [9.17, 15) is 9.18 Å². The number of hydrogen-bond acceptors (Lipinski definition) is 7. The molecule has 0 bridgehead atoms. The van der Waals surface area contributed by atoms with Crippen molar-refractivity contribution in [1.29, 1.82) is 0 Å². The van der Waals surface area contributed by atoms with Crippen LogP contribution in [0.25, 0.3) is 10.9 Å². The molecule has 0 unspecified atom stereocenters. The standard InChI is InChI=1S/C22H23Cl2FN6O2/c1-22(2,3)33-21(32)31-8-4-7-30(12-31)17-9-13-16(10-26-17)27-11-28-20(13)29-15-6-5-14(23)18(24)19(15)25/h5-6,9-11H,4,7-8,12H2,1-3H3,(H,27,28,29). The van der Waals surface area contributed by atoms with E-state index in [2.05, 4.69) is 20.3 Å². The summed E-state index contributed by atoms with van der Waals surface area (Å²) in [5, 5.41) is 3.56. The molecule has 1 N–H and O–H groups in total. The molecule has 0 atom stereocenters. The van der Waals surface area contributed by atoms with E-state index < -0.39 is 11.4 Å². The molecule has 1 aliphatic heterocycles. The molecule has 8 nitrogen and oxygen atoms in total. The lowest BCUT2D eigenvalue weighted by Crippen LogP contribution is -2.49. The predicted octanol–water partition coefficient (Wildman–Crippen LogP) is 5.62. The van der Waals surface area contributed by atoms with E-state index in [1.165, 1.54) is 18.5 Å². The van der Waals surface area contributed by atoms with Crippen molar-refractivity contribution < 1.29 is 13.9 Å². The third-order valence-electron chi connectivity index (χ3n) is 4.97. The Labute approximate surface area is 200 Å². The average molecular weight is 493 g/mol. The number of nitrogens with zero attached hydrogens (tertiary/aromatic N) is 5. The normalized spacial score (nSPS) is 14.5. The maximum atomic E-state index is 14.6. The molecule has 174 valence electrons. The third-order valence-corrected chi connectivity index (χ3v) is 5.75. The summed E-state index contributed by atoms with van der Waals surface area (Å²) in [6, 6.07) is 4.80. The fraction of sp³-hybridized carbons (Fsp3) is 0.364. The topological polar surface area (TPSA) is 83.5 Å². The van der Waals surface area contributed by atoms with Crippen LogP contribution in [0.4, 0.5) is 26.5 Å². The summed E-state index contributed by atoms with van der Waals surface area (Å²) in [6.45, 7) is 7.17. The number of pyridine rings is 1. The third kappa shape index (κ3) is 5.20. The molecule has 1 saturated heterocycles. The van der Waals surface area contributed by atoms with Gasteiger partial charge >= 0.3 is 6.09 Å². The van der Waals surface area contributed by atoms with Gasteiger partial charge in [-0.1, -0.05) is 23.2 Å². The minimum absolute atomic E-state index is 0.124. The minimum atomic E-state index is -0.672. The molecule has 33 heavy (non-hydrogen) atoms. The molecule has 11 heteroatoms. The van der Waals surface area contributed by atoms with Crippen LogP contribution in [-0.2, 0) is 4.74 Å². The van der Waals surface area contributed by atoms with Crippen molar-refractivity contribution >= 4 is 57.5 Å². The Bertz CT molecular complexity index is 1200. The Kier molecular flexibility index (Phi) is 6.45. The Hall–Kier alpha value is -2.91. The van der Waals surface area contributed by atoms with Crippen LogP contribution in [0.1, 0.15) is 27.2 Å². The zero-order chi connectivity index (χ0) is 23.8. The first-order valence-electron chi connectivity index (χ1n) is 10.4. The fourth-order valence-corrected chi connectivity index (χ4v) is 3.74. The molecule has 1 fully saturated rings. The van der Waals surface area contributed by atoms with Gasteiger partial charge in [0.25, 0.3) is 0 Å². The minimum Gasteiger partial charge on any atom is -0.444 e. The van der Waals surface area contributed by atoms with Gasteiger partial charge in [-0.05, 0) is 45.4 Å². The second-order valence-corrected chi connectivity index (χ2v) is 9.42. The molecule has 1 aromatic carbocycles. The predicted molar refractivity (Wildman–Crippen MR) is 127 cm³/mol. The zero-order valence-corrected chi connectivity index (χ0v) is 19.9. The van der Waals surface area contributed by atoms with Crippen molar-refractivity contribution in [2.24, 2.45) is 0 Å². The molecule has 3 heterocycles. The summed E-state index contributed by atoms with van der Waals surface area (Å²) in [7, 11) is 0. The van der Waals surface area contributed by atoms with Crippen LogP contribution in [0.15, 0.2) is 30.7 Å². The van der Waals surface area contributed by atoms with Gasteiger partial charge in [-0.25, -0.2) is 24.1 Å². The van der Waals surface area contributed by atoms with Gasteiger partial charge < -0.3 is 15.0 Å². The van der Waals surface area contributed by atoms with Crippen LogP contribution in [0.5, 0.6) is 0 Å². The Morgan fingerprint density at radius 2 is 1.97 bits per heavy atom. The SMILES string of the molecule is CC(C)(C)OC(=O)N1CCCN(c2cc3c(Nc4ccc(Cl)c(Cl)c4F)ncnc3cn2)C1. The number of carbonyl (C=O) groups excluding carboxylic acids is 1. The molecular weight excluding hydrogens is 470 g/mol. The maximum absolute atomic E-state index is 14.6. The zero-order valence-electron chi connectivity index (χ0n) is 18.4.